The molecule has 92 valence electrons. The van der Waals surface area contributed by atoms with E-state index in [1.807, 2.05) is 5.38 Å². The van der Waals surface area contributed by atoms with Crippen molar-refractivity contribution >= 4 is 23.3 Å². The second-order valence-corrected chi connectivity index (χ2v) is 4.66. The molecule has 5 heteroatoms. The van der Waals surface area contributed by atoms with E-state index in [0.29, 0.717) is 11.1 Å². The number of aromatic nitrogens is 1. The zero-order valence-corrected chi connectivity index (χ0v) is 10.6. The molecular weight excluding hydrogens is 248 g/mol. The van der Waals surface area contributed by atoms with Crippen molar-refractivity contribution in [2.24, 2.45) is 4.99 Å². The summed E-state index contributed by atoms with van der Waals surface area (Å²) in [7, 11) is 0. The minimum absolute atomic E-state index is 0.0105. The zero-order chi connectivity index (χ0) is 13.0. The van der Waals surface area contributed by atoms with Crippen LogP contribution in [0, 0.1) is 6.92 Å². The summed E-state index contributed by atoms with van der Waals surface area (Å²) in [6.07, 6.45) is 3.25. The van der Waals surface area contributed by atoms with Gasteiger partial charge in [-0.15, -0.1) is 11.3 Å². The monoisotopic (exact) mass is 260 g/mol. The van der Waals surface area contributed by atoms with Crippen LogP contribution in [-0.4, -0.2) is 28.6 Å². The molecule has 0 bridgehead atoms. The Bertz CT molecular complexity index is 577. The molecule has 0 radical (unpaired) electrons. The molecule has 1 N–H and O–H groups in total. The van der Waals surface area contributed by atoms with Crippen LogP contribution in [0.3, 0.4) is 0 Å². The van der Waals surface area contributed by atoms with E-state index in [4.69, 9.17) is 0 Å². The SMILES string of the molecule is Cc1cccc(C(=O)CN=Cc2nccs2)c1O. The fourth-order valence-corrected chi connectivity index (χ4v) is 1.99. The molecule has 0 spiro atoms. The summed E-state index contributed by atoms with van der Waals surface area (Å²) in [4.78, 5) is 19.9. The number of benzene rings is 1. The first-order valence-electron chi connectivity index (χ1n) is 5.39. The number of Topliss-reactive ketones (excluding diaryl/α,β-unsaturated/α-hetero) is 1. The fraction of sp³-hybridized carbons (Fsp3) is 0.154. The Balaban J connectivity index is 2.06. The molecule has 0 atom stereocenters. The first-order valence-corrected chi connectivity index (χ1v) is 6.27. The predicted molar refractivity (Wildman–Crippen MR) is 71.7 cm³/mol. The van der Waals surface area contributed by atoms with Crippen LogP contribution in [0.15, 0.2) is 34.8 Å². The van der Waals surface area contributed by atoms with E-state index in [1.54, 1.807) is 37.5 Å². The number of aliphatic imine (C=N–C) groups is 1. The van der Waals surface area contributed by atoms with Crippen molar-refractivity contribution in [3.05, 3.63) is 45.9 Å². The molecule has 2 rings (SSSR count). The number of carbonyl (C=O) groups excluding carboxylic acids is 1. The Labute approximate surface area is 109 Å². The van der Waals surface area contributed by atoms with E-state index in [0.717, 1.165) is 5.01 Å². The highest BCUT2D eigenvalue weighted by molar-refractivity contribution is 7.11. The van der Waals surface area contributed by atoms with Gasteiger partial charge < -0.3 is 5.11 Å². The van der Waals surface area contributed by atoms with Crippen molar-refractivity contribution in [1.82, 2.24) is 4.98 Å². The highest BCUT2D eigenvalue weighted by Crippen LogP contribution is 2.21. The van der Waals surface area contributed by atoms with Gasteiger partial charge in [-0.05, 0) is 18.6 Å². The number of nitrogens with zero attached hydrogens (tertiary/aromatic N) is 2. The maximum Gasteiger partial charge on any atom is 0.187 e. The average Bonchev–Trinajstić information content (AvgIpc) is 2.85. The quantitative estimate of drug-likeness (QED) is 0.678. The Kier molecular flexibility index (Phi) is 3.84. The van der Waals surface area contributed by atoms with Crippen LogP contribution in [0.4, 0.5) is 0 Å². The molecule has 4 nitrogen and oxygen atoms in total. The van der Waals surface area contributed by atoms with E-state index in [9.17, 15) is 9.90 Å². The summed E-state index contributed by atoms with van der Waals surface area (Å²) >= 11 is 1.45. The molecule has 0 amide bonds. The third-order valence-electron chi connectivity index (χ3n) is 2.43. The zero-order valence-electron chi connectivity index (χ0n) is 9.83. The molecule has 1 aromatic carbocycles. The molecule has 0 saturated heterocycles. The minimum atomic E-state index is -0.205. The molecule has 0 fully saturated rings. The number of phenols is 1. The van der Waals surface area contributed by atoms with Gasteiger partial charge in [-0.1, -0.05) is 12.1 Å². The lowest BCUT2D eigenvalue weighted by Crippen LogP contribution is -2.04. The summed E-state index contributed by atoms with van der Waals surface area (Å²) in [5.41, 5.74) is 0.996. The predicted octanol–water partition coefficient (Wildman–Crippen LogP) is 2.46. The van der Waals surface area contributed by atoms with Crippen LogP contribution in [0.25, 0.3) is 0 Å². The normalized spacial score (nSPS) is 10.9. The molecule has 0 aliphatic rings. The molecule has 0 aliphatic carbocycles. The van der Waals surface area contributed by atoms with Crippen molar-refractivity contribution in [3.8, 4) is 5.75 Å². The lowest BCUT2D eigenvalue weighted by atomic mass is 10.1. The third-order valence-corrected chi connectivity index (χ3v) is 3.14. The summed E-state index contributed by atoms with van der Waals surface area (Å²) in [5.74, 6) is -0.170. The van der Waals surface area contributed by atoms with Gasteiger partial charge in [-0.3, -0.25) is 9.79 Å². The standard InChI is InChI=1S/C13H12N2O2S/c1-9-3-2-4-10(13(9)17)11(16)7-14-8-12-15-5-6-18-12/h2-6,8,17H,7H2,1H3. The van der Waals surface area contributed by atoms with Crippen molar-refractivity contribution in [2.75, 3.05) is 6.54 Å². The number of para-hydroxylation sites is 1. The number of rotatable bonds is 4. The lowest BCUT2D eigenvalue weighted by Gasteiger charge is -2.03. The molecule has 1 heterocycles. The number of carbonyl (C=O) groups is 1. The Hall–Kier alpha value is -2.01. The van der Waals surface area contributed by atoms with E-state index < -0.39 is 0 Å². The van der Waals surface area contributed by atoms with Gasteiger partial charge in [0.15, 0.2) is 5.78 Å². The van der Waals surface area contributed by atoms with Crippen molar-refractivity contribution in [1.29, 1.82) is 0 Å². The van der Waals surface area contributed by atoms with Crippen LogP contribution in [-0.2, 0) is 0 Å². The number of hydrogen-bond donors (Lipinski definition) is 1. The van der Waals surface area contributed by atoms with E-state index in [1.165, 1.54) is 11.3 Å². The van der Waals surface area contributed by atoms with Gasteiger partial charge >= 0.3 is 0 Å². The summed E-state index contributed by atoms with van der Waals surface area (Å²) in [6.45, 7) is 1.77. The van der Waals surface area contributed by atoms with Gasteiger partial charge in [0.05, 0.1) is 11.8 Å². The number of aryl methyl sites for hydroxylation is 1. The fourth-order valence-electron chi connectivity index (χ4n) is 1.47. The maximum absolute atomic E-state index is 11.9. The molecule has 0 aliphatic heterocycles. The number of aromatic hydroxyl groups is 1. The topological polar surface area (TPSA) is 62.5 Å². The van der Waals surface area contributed by atoms with Crippen LogP contribution in [0.5, 0.6) is 5.75 Å². The van der Waals surface area contributed by atoms with Crippen molar-refractivity contribution in [2.45, 2.75) is 6.92 Å². The van der Waals surface area contributed by atoms with Gasteiger partial charge in [0.25, 0.3) is 0 Å². The number of hydrogen-bond acceptors (Lipinski definition) is 5. The van der Waals surface area contributed by atoms with Gasteiger partial charge in [-0.2, -0.15) is 0 Å². The Morgan fingerprint density at radius 1 is 1.56 bits per heavy atom. The first-order chi connectivity index (χ1) is 8.68. The molecule has 0 unspecified atom stereocenters. The van der Waals surface area contributed by atoms with Gasteiger partial charge in [0.1, 0.15) is 17.3 Å². The smallest absolute Gasteiger partial charge is 0.187 e. The lowest BCUT2D eigenvalue weighted by molar-refractivity contribution is 0.0999. The Morgan fingerprint density at radius 2 is 2.39 bits per heavy atom. The average molecular weight is 260 g/mol. The number of ketones is 1. The number of thiazole rings is 1. The van der Waals surface area contributed by atoms with Crippen molar-refractivity contribution in [3.63, 3.8) is 0 Å². The molecular formula is C13H12N2O2S. The van der Waals surface area contributed by atoms with Crippen LogP contribution in [0.2, 0.25) is 0 Å². The van der Waals surface area contributed by atoms with Gasteiger partial charge in [-0.25, -0.2) is 4.98 Å². The van der Waals surface area contributed by atoms with E-state index >= 15 is 0 Å². The summed E-state index contributed by atoms with van der Waals surface area (Å²) in [5, 5.41) is 12.4. The van der Waals surface area contributed by atoms with Crippen LogP contribution >= 0.6 is 11.3 Å². The van der Waals surface area contributed by atoms with Crippen LogP contribution in [0.1, 0.15) is 20.9 Å². The first kappa shape index (κ1) is 12.4. The second-order valence-electron chi connectivity index (χ2n) is 3.73. The summed E-state index contributed by atoms with van der Waals surface area (Å²) < 4.78 is 0. The van der Waals surface area contributed by atoms with E-state index in [-0.39, 0.29) is 18.1 Å². The molecule has 0 saturated carbocycles. The maximum atomic E-state index is 11.9. The largest absolute Gasteiger partial charge is 0.507 e. The second kappa shape index (κ2) is 5.55. The third kappa shape index (κ3) is 2.81. The molecule has 18 heavy (non-hydrogen) atoms. The Morgan fingerprint density at radius 3 is 3.11 bits per heavy atom. The van der Waals surface area contributed by atoms with E-state index in [2.05, 4.69) is 9.98 Å². The van der Waals surface area contributed by atoms with Gasteiger partial charge in [0, 0.05) is 11.6 Å². The van der Waals surface area contributed by atoms with Gasteiger partial charge in [0.2, 0.25) is 0 Å². The number of phenolic OH excluding ortho intramolecular Hbond substituents is 1. The van der Waals surface area contributed by atoms with Crippen LogP contribution < -0.4 is 0 Å². The molecule has 2 aromatic rings. The summed E-state index contributed by atoms with van der Waals surface area (Å²) in [6, 6.07) is 5.10. The minimum Gasteiger partial charge on any atom is -0.507 e. The highest BCUT2D eigenvalue weighted by Gasteiger charge is 2.11. The highest BCUT2D eigenvalue weighted by atomic mass is 32.1. The molecule has 1 aromatic heterocycles. The van der Waals surface area contributed by atoms with Crippen molar-refractivity contribution < 1.29 is 9.90 Å².